The van der Waals surface area contributed by atoms with E-state index in [4.69, 9.17) is 9.47 Å². The van der Waals surface area contributed by atoms with Crippen LogP contribution < -0.4 is 10.1 Å². The van der Waals surface area contributed by atoms with Crippen LogP contribution >= 0.6 is 0 Å². The van der Waals surface area contributed by atoms with Gasteiger partial charge < -0.3 is 14.8 Å². The van der Waals surface area contributed by atoms with Crippen molar-refractivity contribution in [1.82, 2.24) is 15.1 Å². The van der Waals surface area contributed by atoms with Crippen LogP contribution in [0.2, 0.25) is 0 Å². The average Bonchev–Trinajstić information content (AvgIpc) is 2.85. The Morgan fingerprint density at radius 2 is 2.11 bits per heavy atom. The van der Waals surface area contributed by atoms with E-state index in [-0.39, 0.29) is 6.04 Å². The molecule has 0 aliphatic carbocycles. The summed E-state index contributed by atoms with van der Waals surface area (Å²) in [4.78, 5) is 0. The number of nitrogens with one attached hydrogen (secondary N) is 1. The number of rotatable bonds is 5. The Hall–Kier alpha value is -1.07. The highest BCUT2D eigenvalue weighted by molar-refractivity contribution is 5.29. The Bertz CT molecular complexity index is 397. The molecule has 0 spiro atoms. The molecule has 1 aromatic rings. The van der Waals surface area contributed by atoms with Crippen molar-refractivity contribution in [3.63, 3.8) is 0 Å². The molecular formula is C14H25N3O2. The molecule has 1 N–H and O–H groups in total. The average molecular weight is 267 g/mol. The second-order valence-electron chi connectivity index (χ2n) is 5.35. The number of ether oxygens (including phenoxy) is 2. The lowest BCUT2D eigenvalue weighted by molar-refractivity contribution is 0.0530. The van der Waals surface area contributed by atoms with Crippen molar-refractivity contribution in [2.75, 3.05) is 27.4 Å². The zero-order chi connectivity index (χ0) is 13.8. The maximum atomic E-state index is 5.50. The SMILES string of the molecule is CNC(c1c(OC)cnn1C(C)C)C1CCOCC1. The summed E-state index contributed by atoms with van der Waals surface area (Å²) in [5.74, 6) is 1.45. The second-order valence-corrected chi connectivity index (χ2v) is 5.35. The number of hydrogen-bond acceptors (Lipinski definition) is 4. The van der Waals surface area contributed by atoms with Crippen molar-refractivity contribution in [3.05, 3.63) is 11.9 Å². The van der Waals surface area contributed by atoms with Gasteiger partial charge in [-0.05, 0) is 39.7 Å². The van der Waals surface area contributed by atoms with Gasteiger partial charge in [0.15, 0.2) is 5.75 Å². The zero-order valence-corrected chi connectivity index (χ0v) is 12.3. The van der Waals surface area contributed by atoms with Crippen molar-refractivity contribution in [2.24, 2.45) is 5.92 Å². The van der Waals surface area contributed by atoms with Gasteiger partial charge in [0.25, 0.3) is 0 Å². The lowest BCUT2D eigenvalue weighted by Gasteiger charge is -2.31. The van der Waals surface area contributed by atoms with Crippen LogP contribution in [0.3, 0.4) is 0 Å². The van der Waals surface area contributed by atoms with E-state index in [1.807, 2.05) is 13.2 Å². The van der Waals surface area contributed by atoms with Gasteiger partial charge in [0.1, 0.15) is 0 Å². The van der Waals surface area contributed by atoms with E-state index in [1.165, 1.54) is 0 Å². The lowest BCUT2D eigenvalue weighted by atomic mass is 9.89. The van der Waals surface area contributed by atoms with E-state index in [9.17, 15) is 0 Å². The molecule has 0 aromatic carbocycles. The number of hydrogen-bond donors (Lipinski definition) is 1. The maximum absolute atomic E-state index is 5.50. The van der Waals surface area contributed by atoms with Crippen molar-refractivity contribution >= 4 is 0 Å². The third-order valence-electron chi connectivity index (χ3n) is 3.85. The first-order valence-electron chi connectivity index (χ1n) is 7.05. The molecule has 108 valence electrons. The third kappa shape index (κ3) is 2.92. The molecule has 0 amide bonds. The van der Waals surface area contributed by atoms with Crippen LogP contribution in [0.25, 0.3) is 0 Å². The van der Waals surface area contributed by atoms with Gasteiger partial charge >= 0.3 is 0 Å². The lowest BCUT2D eigenvalue weighted by Crippen LogP contribution is -2.32. The summed E-state index contributed by atoms with van der Waals surface area (Å²) in [5, 5.41) is 7.92. The van der Waals surface area contributed by atoms with Crippen LogP contribution in [-0.4, -0.2) is 37.2 Å². The summed E-state index contributed by atoms with van der Waals surface area (Å²) in [6.45, 7) is 5.99. The number of methoxy groups -OCH3 is 1. The normalized spacial score (nSPS) is 18.8. The summed E-state index contributed by atoms with van der Waals surface area (Å²) in [7, 11) is 3.72. The molecule has 19 heavy (non-hydrogen) atoms. The van der Waals surface area contributed by atoms with Crippen molar-refractivity contribution in [1.29, 1.82) is 0 Å². The van der Waals surface area contributed by atoms with Gasteiger partial charge in [-0.3, -0.25) is 4.68 Å². The molecule has 1 saturated heterocycles. The minimum Gasteiger partial charge on any atom is -0.493 e. The van der Waals surface area contributed by atoms with E-state index in [0.717, 1.165) is 37.5 Å². The quantitative estimate of drug-likeness (QED) is 0.888. The molecular weight excluding hydrogens is 242 g/mol. The Morgan fingerprint density at radius 3 is 2.63 bits per heavy atom. The summed E-state index contributed by atoms with van der Waals surface area (Å²) in [5.41, 5.74) is 1.16. The predicted octanol–water partition coefficient (Wildman–Crippen LogP) is 2.16. The van der Waals surface area contributed by atoms with E-state index in [2.05, 4.69) is 28.9 Å². The van der Waals surface area contributed by atoms with Crippen molar-refractivity contribution < 1.29 is 9.47 Å². The van der Waals surface area contributed by atoms with Gasteiger partial charge in [-0.25, -0.2) is 0 Å². The van der Waals surface area contributed by atoms with Gasteiger partial charge in [0.2, 0.25) is 0 Å². The minimum atomic E-state index is 0.267. The first-order chi connectivity index (χ1) is 9.19. The fourth-order valence-corrected chi connectivity index (χ4v) is 2.87. The molecule has 5 nitrogen and oxygen atoms in total. The smallest absolute Gasteiger partial charge is 0.161 e. The standard InChI is InChI=1S/C14H25N3O2/c1-10(2)17-14(12(18-4)9-16-17)13(15-3)11-5-7-19-8-6-11/h9-11,13,15H,5-8H2,1-4H3. The molecule has 1 aliphatic heterocycles. The summed E-state index contributed by atoms with van der Waals surface area (Å²) in [6, 6.07) is 0.596. The van der Waals surface area contributed by atoms with E-state index < -0.39 is 0 Å². The zero-order valence-electron chi connectivity index (χ0n) is 12.3. The topological polar surface area (TPSA) is 48.3 Å². The van der Waals surface area contributed by atoms with Crippen LogP contribution in [0.5, 0.6) is 5.75 Å². The van der Waals surface area contributed by atoms with Crippen LogP contribution in [-0.2, 0) is 4.74 Å². The van der Waals surface area contributed by atoms with Gasteiger partial charge in [-0.1, -0.05) is 0 Å². The molecule has 2 heterocycles. The minimum absolute atomic E-state index is 0.267. The Morgan fingerprint density at radius 1 is 1.42 bits per heavy atom. The highest BCUT2D eigenvalue weighted by Gasteiger charge is 2.30. The molecule has 1 unspecified atom stereocenters. The Labute approximate surface area is 115 Å². The van der Waals surface area contributed by atoms with E-state index in [1.54, 1.807) is 7.11 Å². The van der Waals surface area contributed by atoms with Crippen LogP contribution in [0, 0.1) is 5.92 Å². The van der Waals surface area contributed by atoms with Crippen LogP contribution in [0.4, 0.5) is 0 Å². The van der Waals surface area contributed by atoms with Crippen molar-refractivity contribution in [3.8, 4) is 5.75 Å². The van der Waals surface area contributed by atoms with E-state index >= 15 is 0 Å². The largest absolute Gasteiger partial charge is 0.493 e. The molecule has 0 bridgehead atoms. The Balaban J connectivity index is 2.32. The number of aromatic nitrogens is 2. The molecule has 1 aliphatic rings. The first-order valence-corrected chi connectivity index (χ1v) is 7.05. The highest BCUT2D eigenvalue weighted by Crippen LogP contribution is 2.35. The molecule has 5 heteroatoms. The molecule has 2 rings (SSSR count). The van der Waals surface area contributed by atoms with Crippen LogP contribution in [0.15, 0.2) is 6.20 Å². The summed E-state index contributed by atoms with van der Waals surface area (Å²) >= 11 is 0. The van der Waals surface area contributed by atoms with Gasteiger partial charge in [-0.15, -0.1) is 0 Å². The fourth-order valence-electron chi connectivity index (χ4n) is 2.87. The first kappa shape index (κ1) is 14.3. The third-order valence-corrected chi connectivity index (χ3v) is 3.85. The molecule has 1 fully saturated rings. The van der Waals surface area contributed by atoms with E-state index in [0.29, 0.717) is 12.0 Å². The van der Waals surface area contributed by atoms with Crippen molar-refractivity contribution in [2.45, 2.75) is 38.8 Å². The summed E-state index contributed by atoms with van der Waals surface area (Å²) in [6.07, 6.45) is 3.98. The maximum Gasteiger partial charge on any atom is 0.161 e. The number of nitrogens with zero attached hydrogens (tertiary/aromatic N) is 2. The Kier molecular flexibility index (Phi) is 4.82. The second kappa shape index (κ2) is 6.39. The molecule has 0 radical (unpaired) electrons. The monoisotopic (exact) mass is 267 g/mol. The molecule has 1 atom stereocenters. The highest BCUT2D eigenvalue weighted by atomic mass is 16.5. The van der Waals surface area contributed by atoms with Gasteiger partial charge in [-0.2, -0.15) is 5.10 Å². The predicted molar refractivity (Wildman–Crippen MR) is 74.5 cm³/mol. The van der Waals surface area contributed by atoms with Gasteiger partial charge in [0, 0.05) is 19.3 Å². The fraction of sp³-hybridized carbons (Fsp3) is 0.786. The van der Waals surface area contributed by atoms with Crippen LogP contribution in [0.1, 0.15) is 44.5 Å². The van der Waals surface area contributed by atoms with Gasteiger partial charge in [0.05, 0.1) is 25.0 Å². The summed E-state index contributed by atoms with van der Waals surface area (Å²) < 4.78 is 13.0. The molecule has 0 saturated carbocycles. The molecule has 1 aromatic heterocycles.